The van der Waals surface area contributed by atoms with Crippen LogP contribution in [-0.2, 0) is 30.8 Å². The van der Waals surface area contributed by atoms with E-state index in [0.29, 0.717) is 38.5 Å². The largest absolute Gasteiger partial charge is 0.452 e. The average Bonchev–Trinajstić information content (AvgIpc) is 2.83. The Morgan fingerprint density at radius 3 is 2.33 bits per heavy atom. The fourth-order valence-corrected chi connectivity index (χ4v) is 4.32. The van der Waals surface area contributed by atoms with E-state index in [1.807, 2.05) is 35.2 Å². The minimum absolute atomic E-state index is 0.0241. The summed E-state index contributed by atoms with van der Waals surface area (Å²) >= 11 is 0. The molecule has 0 aliphatic carbocycles. The first-order valence-electron chi connectivity index (χ1n) is 10.5. The lowest BCUT2D eigenvalue weighted by molar-refractivity contribution is -0.133. The Balaban J connectivity index is 1.78. The number of carbonyl (C=O) groups is 2. The molecule has 1 aliphatic heterocycles. The number of hydrogen-bond donors (Lipinski definition) is 0. The van der Waals surface area contributed by atoms with Gasteiger partial charge >= 0.3 is 5.97 Å². The van der Waals surface area contributed by atoms with Gasteiger partial charge in [0.05, 0.1) is 29.4 Å². The van der Waals surface area contributed by atoms with E-state index in [0.717, 1.165) is 9.87 Å². The van der Waals surface area contributed by atoms with Crippen molar-refractivity contribution in [1.29, 1.82) is 0 Å². The molecule has 10 heteroatoms. The molecule has 1 saturated heterocycles. The Bertz CT molecular complexity index is 1080. The summed E-state index contributed by atoms with van der Waals surface area (Å²) in [7, 11) is 0.721. The van der Waals surface area contributed by atoms with Crippen LogP contribution >= 0.6 is 0 Å². The number of esters is 1. The fraction of sp³-hybridized carbons (Fsp3) is 0.391. The molecule has 1 amide bonds. The van der Waals surface area contributed by atoms with Gasteiger partial charge in [-0.25, -0.2) is 17.5 Å². The van der Waals surface area contributed by atoms with Gasteiger partial charge < -0.3 is 19.3 Å². The first-order valence-corrected chi connectivity index (χ1v) is 12.0. The van der Waals surface area contributed by atoms with Crippen molar-refractivity contribution in [2.24, 2.45) is 0 Å². The van der Waals surface area contributed by atoms with Crippen molar-refractivity contribution in [2.75, 3.05) is 59.0 Å². The van der Waals surface area contributed by atoms with Crippen LogP contribution in [0.2, 0.25) is 0 Å². The molecule has 0 aromatic heterocycles. The highest BCUT2D eigenvalue weighted by Gasteiger charge is 2.25. The predicted molar refractivity (Wildman–Crippen MR) is 124 cm³/mol. The molecular weight excluding hydrogens is 446 g/mol. The van der Waals surface area contributed by atoms with Gasteiger partial charge in [-0.2, -0.15) is 0 Å². The van der Waals surface area contributed by atoms with Crippen LogP contribution in [0.5, 0.6) is 0 Å². The minimum atomic E-state index is -3.75. The van der Waals surface area contributed by atoms with E-state index in [4.69, 9.17) is 9.47 Å². The molecule has 33 heavy (non-hydrogen) atoms. The molecule has 178 valence electrons. The highest BCUT2D eigenvalue weighted by molar-refractivity contribution is 7.89. The Labute approximate surface area is 194 Å². The molecular formula is C23H29N3O6S. The van der Waals surface area contributed by atoms with E-state index in [1.54, 1.807) is 13.1 Å². The van der Waals surface area contributed by atoms with Crippen LogP contribution in [0.4, 0.5) is 5.69 Å². The Morgan fingerprint density at radius 2 is 1.70 bits per heavy atom. The number of sulfonamides is 1. The molecule has 2 aromatic carbocycles. The van der Waals surface area contributed by atoms with Crippen LogP contribution in [0.3, 0.4) is 0 Å². The van der Waals surface area contributed by atoms with Gasteiger partial charge in [0, 0.05) is 40.8 Å². The van der Waals surface area contributed by atoms with Gasteiger partial charge in [-0.05, 0) is 23.8 Å². The van der Waals surface area contributed by atoms with Crippen molar-refractivity contribution >= 4 is 27.6 Å². The van der Waals surface area contributed by atoms with Crippen molar-refractivity contribution in [3.8, 4) is 0 Å². The predicted octanol–water partition coefficient (Wildman–Crippen LogP) is 1.59. The number of morpholine rings is 1. The maximum atomic E-state index is 13.0. The lowest BCUT2D eigenvalue weighted by Crippen LogP contribution is -2.37. The first-order chi connectivity index (χ1) is 15.7. The topological polar surface area (TPSA) is 96.5 Å². The quantitative estimate of drug-likeness (QED) is 0.535. The summed E-state index contributed by atoms with van der Waals surface area (Å²) in [5, 5.41) is 0. The standard InChI is InChI=1S/C23H29N3O6S/c1-24(2)33(29,30)19-9-10-21(26-11-13-31-14-12-26)20(15-19)23(28)32-17-22(27)25(3)16-18-7-5-4-6-8-18/h4-10,15H,11-14,16-17H2,1-3H3. The van der Waals surface area contributed by atoms with Crippen molar-refractivity contribution in [1.82, 2.24) is 9.21 Å². The van der Waals surface area contributed by atoms with Crippen LogP contribution < -0.4 is 4.90 Å². The third-order valence-electron chi connectivity index (χ3n) is 5.33. The number of amides is 1. The van der Waals surface area contributed by atoms with E-state index < -0.39 is 22.6 Å². The van der Waals surface area contributed by atoms with E-state index in [-0.39, 0.29) is 16.4 Å². The number of ether oxygens (including phenoxy) is 2. The first kappa shape index (κ1) is 24.7. The van der Waals surface area contributed by atoms with Gasteiger partial charge in [0.2, 0.25) is 10.0 Å². The number of benzene rings is 2. The molecule has 0 unspecified atom stereocenters. The van der Waals surface area contributed by atoms with E-state index in [9.17, 15) is 18.0 Å². The lowest BCUT2D eigenvalue weighted by atomic mass is 10.1. The van der Waals surface area contributed by atoms with Gasteiger partial charge in [0.25, 0.3) is 5.91 Å². The molecule has 0 spiro atoms. The summed E-state index contributed by atoms with van der Waals surface area (Å²) in [6.07, 6.45) is 0. The van der Waals surface area contributed by atoms with Crippen LogP contribution in [-0.4, -0.2) is 83.6 Å². The maximum absolute atomic E-state index is 13.0. The van der Waals surface area contributed by atoms with Crippen LogP contribution in [0.1, 0.15) is 15.9 Å². The molecule has 0 bridgehead atoms. The maximum Gasteiger partial charge on any atom is 0.340 e. The molecule has 0 atom stereocenters. The molecule has 3 rings (SSSR count). The van der Waals surface area contributed by atoms with Crippen LogP contribution in [0, 0.1) is 0 Å². The van der Waals surface area contributed by atoms with Gasteiger partial charge in [-0.3, -0.25) is 4.79 Å². The number of likely N-dealkylation sites (N-methyl/N-ethyl adjacent to an activating group) is 1. The molecule has 0 radical (unpaired) electrons. The van der Waals surface area contributed by atoms with Crippen molar-refractivity contribution in [2.45, 2.75) is 11.4 Å². The van der Waals surface area contributed by atoms with Crippen LogP contribution in [0.15, 0.2) is 53.4 Å². The summed E-state index contributed by atoms with van der Waals surface area (Å²) in [4.78, 5) is 28.9. The summed E-state index contributed by atoms with van der Waals surface area (Å²) in [5.74, 6) is -1.12. The Hall–Kier alpha value is -2.95. The zero-order valence-corrected chi connectivity index (χ0v) is 19.9. The van der Waals surface area contributed by atoms with E-state index in [1.165, 1.54) is 31.1 Å². The molecule has 0 saturated carbocycles. The van der Waals surface area contributed by atoms with Crippen LogP contribution in [0.25, 0.3) is 0 Å². The third-order valence-corrected chi connectivity index (χ3v) is 7.14. The fourth-order valence-electron chi connectivity index (χ4n) is 3.39. The summed E-state index contributed by atoms with van der Waals surface area (Å²) in [6, 6.07) is 13.8. The second-order valence-electron chi connectivity index (χ2n) is 7.88. The third kappa shape index (κ3) is 6.10. The second-order valence-corrected chi connectivity index (χ2v) is 10.0. The van der Waals surface area contributed by atoms with Crippen molar-refractivity contribution in [3.05, 3.63) is 59.7 Å². The number of nitrogens with zero attached hydrogens (tertiary/aromatic N) is 3. The second kappa shape index (κ2) is 10.8. The van der Waals surface area contributed by atoms with Crippen molar-refractivity contribution < 1.29 is 27.5 Å². The molecule has 9 nitrogen and oxygen atoms in total. The SMILES string of the molecule is CN(Cc1ccccc1)C(=O)COC(=O)c1cc(S(=O)(=O)N(C)C)ccc1N1CCOCC1. The number of rotatable bonds is 8. The molecule has 1 aliphatic rings. The smallest absolute Gasteiger partial charge is 0.340 e. The highest BCUT2D eigenvalue weighted by atomic mass is 32.2. The van der Waals surface area contributed by atoms with Gasteiger partial charge in [-0.1, -0.05) is 30.3 Å². The minimum Gasteiger partial charge on any atom is -0.452 e. The number of anilines is 1. The van der Waals surface area contributed by atoms with E-state index in [2.05, 4.69) is 0 Å². The average molecular weight is 476 g/mol. The van der Waals surface area contributed by atoms with Gasteiger partial charge in [0.1, 0.15) is 0 Å². The van der Waals surface area contributed by atoms with E-state index >= 15 is 0 Å². The lowest BCUT2D eigenvalue weighted by Gasteiger charge is -2.30. The van der Waals surface area contributed by atoms with Crippen molar-refractivity contribution in [3.63, 3.8) is 0 Å². The zero-order valence-electron chi connectivity index (χ0n) is 19.1. The molecule has 0 N–H and O–H groups in total. The molecule has 1 fully saturated rings. The molecule has 2 aromatic rings. The summed E-state index contributed by atoms with van der Waals surface area (Å²) in [5.41, 5.74) is 1.60. The molecule has 1 heterocycles. The summed E-state index contributed by atoms with van der Waals surface area (Å²) < 4.78 is 37.0. The zero-order chi connectivity index (χ0) is 24.0. The Kier molecular flexibility index (Phi) is 8.06. The Morgan fingerprint density at radius 1 is 1.03 bits per heavy atom. The number of hydrogen-bond acceptors (Lipinski definition) is 7. The summed E-state index contributed by atoms with van der Waals surface area (Å²) in [6.45, 7) is 2.03. The normalized spacial score (nSPS) is 14.2. The van der Waals surface area contributed by atoms with Gasteiger partial charge in [-0.15, -0.1) is 0 Å². The van der Waals surface area contributed by atoms with Gasteiger partial charge in [0.15, 0.2) is 6.61 Å². The highest BCUT2D eigenvalue weighted by Crippen LogP contribution is 2.27. The monoisotopic (exact) mass is 475 g/mol. The number of carbonyl (C=O) groups excluding carboxylic acids is 2.